The van der Waals surface area contributed by atoms with Gasteiger partial charge in [0.05, 0.1) is 3.57 Å². The Balaban J connectivity index is 2.25. The van der Waals surface area contributed by atoms with Gasteiger partial charge in [-0.3, -0.25) is 0 Å². The van der Waals surface area contributed by atoms with Gasteiger partial charge in [-0.15, -0.1) is 0 Å². The summed E-state index contributed by atoms with van der Waals surface area (Å²) in [7, 11) is 0. The highest BCUT2D eigenvalue weighted by Crippen LogP contribution is 2.28. The van der Waals surface area contributed by atoms with Crippen LogP contribution in [0.4, 0.5) is 5.82 Å². The maximum atomic E-state index is 4.39. The van der Waals surface area contributed by atoms with Gasteiger partial charge in [-0.1, -0.05) is 6.92 Å². The smallest absolute Gasteiger partial charge is 0.145 e. The molecule has 1 aromatic rings. The third kappa shape index (κ3) is 2.41. The number of hydrogen-bond acceptors (Lipinski definition) is 3. The molecule has 82 valence electrons. The molecule has 2 rings (SSSR count). The number of aromatic nitrogens is 2. The standard InChI is InChI=1S/C11H16IN3/c1-8-3-4-9(2)15(6-8)11-10(12)5-13-7-14-11/h5,7-9H,3-4,6H2,1-2H3. The molecule has 0 saturated carbocycles. The lowest BCUT2D eigenvalue weighted by atomic mass is 9.95. The molecule has 0 spiro atoms. The zero-order chi connectivity index (χ0) is 10.8. The average molecular weight is 317 g/mol. The summed E-state index contributed by atoms with van der Waals surface area (Å²) in [5.74, 6) is 1.87. The van der Waals surface area contributed by atoms with Crippen molar-refractivity contribution in [1.29, 1.82) is 0 Å². The van der Waals surface area contributed by atoms with Crippen molar-refractivity contribution in [2.75, 3.05) is 11.4 Å². The Labute approximate surface area is 104 Å². The normalized spacial score (nSPS) is 26.7. The lowest BCUT2D eigenvalue weighted by Crippen LogP contribution is -2.42. The highest BCUT2D eigenvalue weighted by molar-refractivity contribution is 14.1. The van der Waals surface area contributed by atoms with Crippen LogP contribution in [-0.2, 0) is 0 Å². The van der Waals surface area contributed by atoms with Gasteiger partial charge >= 0.3 is 0 Å². The van der Waals surface area contributed by atoms with Gasteiger partial charge in [0.2, 0.25) is 0 Å². The Bertz CT molecular complexity index is 342. The largest absolute Gasteiger partial charge is 0.353 e. The van der Waals surface area contributed by atoms with E-state index in [1.165, 1.54) is 12.8 Å². The number of hydrogen-bond donors (Lipinski definition) is 0. The van der Waals surface area contributed by atoms with E-state index < -0.39 is 0 Å². The summed E-state index contributed by atoms with van der Waals surface area (Å²) >= 11 is 2.31. The third-order valence-electron chi connectivity index (χ3n) is 3.04. The number of anilines is 1. The molecule has 3 nitrogen and oxygen atoms in total. The van der Waals surface area contributed by atoms with Gasteiger partial charge in [-0.2, -0.15) is 0 Å². The van der Waals surface area contributed by atoms with E-state index in [9.17, 15) is 0 Å². The average Bonchev–Trinajstić information content (AvgIpc) is 2.23. The van der Waals surface area contributed by atoms with Crippen molar-refractivity contribution < 1.29 is 0 Å². The zero-order valence-electron chi connectivity index (χ0n) is 9.15. The summed E-state index contributed by atoms with van der Waals surface area (Å²) in [5.41, 5.74) is 0. The Morgan fingerprint density at radius 3 is 2.93 bits per heavy atom. The molecule has 15 heavy (non-hydrogen) atoms. The molecule has 2 atom stereocenters. The summed E-state index contributed by atoms with van der Waals surface area (Å²) < 4.78 is 1.15. The second-order valence-electron chi connectivity index (χ2n) is 4.38. The third-order valence-corrected chi connectivity index (χ3v) is 3.80. The SMILES string of the molecule is CC1CCC(C)N(c2ncncc2I)C1. The summed E-state index contributed by atoms with van der Waals surface area (Å²) in [6, 6.07) is 0.601. The van der Waals surface area contributed by atoms with E-state index >= 15 is 0 Å². The van der Waals surface area contributed by atoms with E-state index in [1.807, 2.05) is 6.20 Å². The topological polar surface area (TPSA) is 29.0 Å². The van der Waals surface area contributed by atoms with E-state index in [1.54, 1.807) is 6.33 Å². The van der Waals surface area contributed by atoms with E-state index in [0.29, 0.717) is 6.04 Å². The van der Waals surface area contributed by atoms with Crippen LogP contribution in [0.3, 0.4) is 0 Å². The molecule has 0 bridgehead atoms. The first-order chi connectivity index (χ1) is 7.18. The maximum Gasteiger partial charge on any atom is 0.145 e. The molecule has 0 radical (unpaired) electrons. The molecule has 0 aromatic carbocycles. The molecule has 2 heterocycles. The fourth-order valence-corrected chi connectivity index (χ4v) is 2.71. The highest BCUT2D eigenvalue weighted by atomic mass is 127. The Kier molecular flexibility index (Phi) is 3.43. The molecular weight excluding hydrogens is 301 g/mol. The van der Waals surface area contributed by atoms with Crippen LogP contribution in [-0.4, -0.2) is 22.6 Å². The first-order valence-corrected chi connectivity index (χ1v) is 6.48. The summed E-state index contributed by atoms with van der Waals surface area (Å²) in [6.45, 7) is 5.71. The van der Waals surface area contributed by atoms with E-state index in [2.05, 4.69) is 51.3 Å². The van der Waals surface area contributed by atoms with Gasteiger partial charge < -0.3 is 4.90 Å². The van der Waals surface area contributed by atoms with Crippen LogP contribution in [0.25, 0.3) is 0 Å². The fourth-order valence-electron chi connectivity index (χ4n) is 2.10. The van der Waals surface area contributed by atoms with Crippen molar-refractivity contribution >= 4 is 28.4 Å². The molecule has 1 aliphatic rings. The lowest BCUT2D eigenvalue weighted by Gasteiger charge is -2.38. The molecule has 2 unspecified atom stereocenters. The number of piperidine rings is 1. The van der Waals surface area contributed by atoms with Crippen LogP contribution >= 0.6 is 22.6 Å². The van der Waals surface area contributed by atoms with Crippen molar-refractivity contribution in [3.05, 3.63) is 16.1 Å². The van der Waals surface area contributed by atoms with Crippen molar-refractivity contribution in [2.45, 2.75) is 32.7 Å². The molecule has 1 fully saturated rings. The Morgan fingerprint density at radius 2 is 2.20 bits per heavy atom. The van der Waals surface area contributed by atoms with Crippen LogP contribution in [0.2, 0.25) is 0 Å². The van der Waals surface area contributed by atoms with Gasteiger partial charge in [0.25, 0.3) is 0 Å². The van der Waals surface area contributed by atoms with Crippen LogP contribution < -0.4 is 4.90 Å². The Morgan fingerprint density at radius 1 is 1.40 bits per heavy atom. The predicted octanol–water partition coefficient (Wildman–Crippen LogP) is 2.71. The van der Waals surface area contributed by atoms with Gasteiger partial charge in [0.15, 0.2) is 0 Å². The van der Waals surface area contributed by atoms with E-state index in [-0.39, 0.29) is 0 Å². The second kappa shape index (κ2) is 4.63. The van der Waals surface area contributed by atoms with Gasteiger partial charge in [-0.05, 0) is 48.3 Å². The molecular formula is C11H16IN3. The number of nitrogens with zero attached hydrogens (tertiary/aromatic N) is 3. The first kappa shape index (κ1) is 11.1. The maximum absolute atomic E-state index is 4.39. The Hall–Kier alpha value is -0.390. The molecule has 0 amide bonds. The van der Waals surface area contributed by atoms with Crippen molar-refractivity contribution in [1.82, 2.24) is 9.97 Å². The predicted molar refractivity (Wildman–Crippen MR) is 70.0 cm³/mol. The van der Waals surface area contributed by atoms with E-state index in [4.69, 9.17) is 0 Å². The molecule has 4 heteroatoms. The van der Waals surface area contributed by atoms with E-state index in [0.717, 1.165) is 21.9 Å². The summed E-state index contributed by atoms with van der Waals surface area (Å²) in [6.07, 6.45) is 6.12. The number of rotatable bonds is 1. The fraction of sp³-hybridized carbons (Fsp3) is 0.636. The van der Waals surface area contributed by atoms with Crippen molar-refractivity contribution in [3.63, 3.8) is 0 Å². The minimum atomic E-state index is 0.601. The van der Waals surface area contributed by atoms with Gasteiger partial charge in [0.1, 0.15) is 12.1 Å². The highest BCUT2D eigenvalue weighted by Gasteiger charge is 2.25. The molecule has 1 saturated heterocycles. The molecule has 1 aromatic heterocycles. The lowest BCUT2D eigenvalue weighted by molar-refractivity contribution is 0.387. The van der Waals surface area contributed by atoms with Crippen LogP contribution in [0.1, 0.15) is 26.7 Å². The zero-order valence-corrected chi connectivity index (χ0v) is 11.3. The van der Waals surface area contributed by atoms with Gasteiger partial charge in [-0.25, -0.2) is 9.97 Å². The van der Waals surface area contributed by atoms with Crippen LogP contribution in [0, 0.1) is 9.49 Å². The van der Waals surface area contributed by atoms with Crippen molar-refractivity contribution in [3.8, 4) is 0 Å². The second-order valence-corrected chi connectivity index (χ2v) is 5.54. The quantitative estimate of drug-likeness (QED) is 0.746. The first-order valence-electron chi connectivity index (χ1n) is 5.40. The molecule has 0 aliphatic carbocycles. The molecule has 0 N–H and O–H groups in total. The summed E-state index contributed by atoms with van der Waals surface area (Å²) in [4.78, 5) is 10.8. The monoisotopic (exact) mass is 317 g/mol. The minimum absolute atomic E-state index is 0.601. The van der Waals surface area contributed by atoms with Crippen LogP contribution in [0.5, 0.6) is 0 Å². The van der Waals surface area contributed by atoms with Crippen LogP contribution in [0.15, 0.2) is 12.5 Å². The van der Waals surface area contributed by atoms with Crippen molar-refractivity contribution in [2.24, 2.45) is 5.92 Å². The summed E-state index contributed by atoms with van der Waals surface area (Å²) in [5, 5.41) is 0. The van der Waals surface area contributed by atoms with Gasteiger partial charge in [0, 0.05) is 18.8 Å². The number of halogens is 1. The minimum Gasteiger partial charge on any atom is -0.353 e. The molecule has 1 aliphatic heterocycles.